The van der Waals surface area contributed by atoms with Crippen molar-refractivity contribution in [2.24, 2.45) is 0 Å². The van der Waals surface area contributed by atoms with Gasteiger partial charge in [0.2, 0.25) is 0 Å². The van der Waals surface area contributed by atoms with Crippen molar-refractivity contribution in [3.63, 3.8) is 0 Å². The molecule has 0 fully saturated rings. The van der Waals surface area contributed by atoms with Crippen molar-refractivity contribution in [3.8, 4) is 0 Å². The second-order valence-corrected chi connectivity index (χ2v) is 5.91. The molecule has 0 spiro atoms. The van der Waals surface area contributed by atoms with E-state index < -0.39 is 6.10 Å². The van der Waals surface area contributed by atoms with Crippen LogP contribution in [0.3, 0.4) is 0 Å². The van der Waals surface area contributed by atoms with E-state index in [-0.39, 0.29) is 0 Å². The molecule has 0 saturated carbocycles. The Bertz CT molecular complexity index is 697. The molecule has 3 aromatic heterocycles. The van der Waals surface area contributed by atoms with E-state index in [1.165, 1.54) is 11.3 Å². The maximum atomic E-state index is 10.4. The molecule has 5 nitrogen and oxygen atoms in total. The number of imidazole rings is 1. The molecule has 0 amide bonds. The number of hydrogen-bond acceptors (Lipinski definition) is 5. The second kappa shape index (κ2) is 5.70. The quantitative estimate of drug-likeness (QED) is 0.804. The molecule has 102 valence electrons. The third-order valence-electron chi connectivity index (χ3n) is 2.82. The number of nitrogens with zero attached hydrogens (tertiary/aromatic N) is 4. The van der Waals surface area contributed by atoms with Crippen molar-refractivity contribution in [1.82, 2.24) is 19.5 Å². The number of hydrogen-bond donors (Lipinski definition) is 1. The Kier molecular flexibility index (Phi) is 3.77. The van der Waals surface area contributed by atoms with Crippen molar-refractivity contribution in [3.05, 3.63) is 63.8 Å². The number of halogens is 1. The maximum Gasteiger partial charge on any atom is 0.142 e. The fourth-order valence-corrected chi connectivity index (χ4v) is 2.85. The van der Waals surface area contributed by atoms with Crippen LogP contribution in [0.15, 0.2) is 43.1 Å². The van der Waals surface area contributed by atoms with Crippen LogP contribution in [0.2, 0.25) is 4.34 Å². The summed E-state index contributed by atoms with van der Waals surface area (Å²) < 4.78 is 2.50. The number of aromatic nitrogens is 4. The highest BCUT2D eigenvalue weighted by Gasteiger charge is 2.17. The van der Waals surface area contributed by atoms with Crippen LogP contribution in [-0.4, -0.2) is 24.6 Å². The van der Waals surface area contributed by atoms with Crippen LogP contribution in [0.25, 0.3) is 0 Å². The topological polar surface area (TPSA) is 63.8 Å². The van der Waals surface area contributed by atoms with Gasteiger partial charge in [-0.1, -0.05) is 17.7 Å². The summed E-state index contributed by atoms with van der Waals surface area (Å²) in [4.78, 5) is 12.4. The van der Waals surface area contributed by atoms with E-state index in [1.54, 1.807) is 30.9 Å². The normalized spacial score (nSPS) is 12.5. The van der Waals surface area contributed by atoms with Gasteiger partial charge in [0.1, 0.15) is 21.3 Å². The van der Waals surface area contributed by atoms with Crippen LogP contribution in [-0.2, 0) is 6.54 Å². The van der Waals surface area contributed by atoms with Gasteiger partial charge in [-0.2, -0.15) is 0 Å². The number of aliphatic hydroxyl groups is 1. The summed E-state index contributed by atoms with van der Waals surface area (Å²) in [6.07, 6.45) is 7.57. The van der Waals surface area contributed by atoms with Crippen LogP contribution in [0.5, 0.6) is 0 Å². The molecule has 0 aromatic carbocycles. The molecule has 0 aliphatic carbocycles. The largest absolute Gasteiger partial charge is 0.380 e. The fraction of sp³-hybridized carbons (Fsp3) is 0.154. The number of thiazole rings is 1. The van der Waals surface area contributed by atoms with E-state index in [0.29, 0.717) is 22.3 Å². The zero-order chi connectivity index (χ0) is 13.9. The van der Waals surface area contributed by atoms with Gasteiger partial charge in [-0.25, -0.2) is 9.97 Å². The van der Waals surface area contributed by atoms with Gasteiger partial charge in [0.15, 0.2) is 0 Å². The molecule has 3 heterocycles. The highest BCUT2D eigenvalue weighted by molar-refractivity contribution is 7.15. The monoisotopic (exact) mass is 306 g/mol. The van der Waals surface area contributed by atoms with E-state index in [9.17, 15) is 5.11 Å². The lowest BCUT2D eigenvalue weighted by Gasteiger charge is -2.12. The third kappa shape index (κ3) is 2.72. The maximum absolute atomic E-state index is 10.4. The zero-order valence-corrected chi connectivity index (χ0v) is 11.9. The van der Waals surface area contributed by atoms with E-state index >= 15 is 0 Å². The molecular weight excluding hydrogens is 296 g/mol. The smallest absolute Gasteiger partial charge is 0.142 e. The average Bonchev–Trinajstić information content (AvgIpc) is 3.09. The van der Waals surface area contributed by atoms with Crippen LogP contribution in [0.1, 0.15) is 22.5 Å². The Balaban J connectivity index is 1.86. The second-order valence-electron chi connectivity index (χ2n) is 4.16. The van der Waals surface area contributed by atoms with Crippen molar-refractivity contribution < 1.29 is 5.11 Å². The molecular formula is C13H11ClN4OS. The van der Waals surface area contributed by atoms with E-state index in [4.69, 9.17) is 11.6 Å². The van der Waals surface area contributed by atoms with Gasteiger partial charge in [0, 0.05) is 30.4 Å². The van der Waals surface area contributed by atoms with Gasteiger partial charge in [-0.3, -0.25) is 4.98 Å². The summed E-state index contributed by atoms with van der Waals surface area (Å²) >= 11 is 7.29. The van der Waals surface area contributed by atoms with Crippen molar-refractivity contribution in [2.45, 2.75) is 12.6 Å². The Hall–Kier alpha value is -1.76. The summed E-state index contributed by atoms with van der Waals surface area (Å²) in [5, 5.41) is 11.2. The lowest BCUT2D eigenvalue weighted by Crippen LogP contribution is -2.10. The Labute approximate surface area is 124 Å². The standard InChI is InChI=1S/C13H11ClN4OS/c14-10-7-17-11(20-10)8-18-5-4-16-13(18)12(19)9-2-1-3-15-6-9/h1-7,12,19H,8H2. The minimum absolute atomic E-state index is 0.532. The van der Waals surface area contributed by atoms with Crippen molar-refractivity contribution >= 4 is 22.9 Å². The Morgan fingerprint density at radius 3 is 2.90 bits per heavy atom. The third-order valence-corrected chi connectivity index (χ3v) is 3.92. The average molecular weight is 307 g/mol. The fourth-order valence-electron chi connectivity index (χ4n) is 1.90. The first-order valence-electron chi connectivity index (χ1n) is 5.93. The highest BCUT2D eigenvalue weighted by atomic mass is 35.5. The van der Waals surface area contributed by atoms with E-state index in [2.05, 4.69) is 15.0 Å². The minimum Gasteiger partial charge on any atom is -0.380 e. The summed E-state index contributed by atoms with van der Waals surface area (Å²) in [7, 11) is 0. The molecule has 20 heavy (non-hydrogen) atoms. The van der Waals surface area contributed by atoms with E-state index in [0.717, 1.165) is 5.01 Å². The number of rotatable bonds is 4. The Morgan fingerprint density at radius 1 is 1.30 bits per heavy atom. The summed E-state index contributed by atoms with van der Waals surface area (Å²) in [5.74, 6) is 0.560. The number of pyridine rings is 1. The first-order chi connectivity index (χ1) is 9.74. The molecule has 3 rings (SSSR count). The summed E-state index contributed by atoms with van der Waals surface area (Å²) in [6.45, 7) is 0.532. The van der Waals surface area contributed by atoms with Crippen molar-refractivity contribution in [1.29, 1.82) is 0 Å². The first-order valence-corrected chi connectivity index (χ1v) is 7.12. The lowest BCUT2D eigenvalue weighted by molar-refractivity contribution is 0.205. The molecule has 7 heteroatoms. The minimum atomic E-state index is -0.811. The van der Waals surface area contributed by atoms with Gasteiger partial charge in [0.05, 0.1) is 12.7 Å². The van der Waals surface area contributed by atoms with Gasteiger partial charge in [-0.05, 0) is 6.07 Å². The molecule has 0 saturated heterocycles. The van der Waals surface area contributed by atoms with Gasteiger partial charge >= 0.3 is 0 Å². The number of aliphatic hydroxyl groups excluding tert-OH is 1. The first kappa shape index (κ1) is 13.2. The molecule has 0 radical (unpaired) electrons. The van der Waals surface area contributed by atoms with Crippen LogP contribution in [0, 0.1) is 0 Å². The molecule has 1 atom stereocenters. The molecule has 0 aliphatic heterocycles. The van der Waals surface area contributed by atoms with Gasteiger partial charge in [-0.15, -0.1) is 11.3 Å². The molecule has 3 aromatic rings. The zero-order valence-electron chi connectivity index (χ0n) is 10.3. The SMILES string of the molecule is OC(c1cccnc1)c1nccn1Cc1ncc(Cl)s1. The molecule has 1 unspecified atom stereocenters. The van der Waals surface area contributed by atoms with Gasteiger partial charge in [0.25, 0.3) is 0 Å². The van der Waals surface area contributed by atoms with Crippen LogP contribution in [0.4, 0.5) is 0 Å². The highest BCUT2D eigenvalue weighted by Crippen LogP contribution is 2.23. The summed E-state index contributed by atoms with van der Waals surface area (Å²) in [5.41, 5.74) is 0.706. The lowest BCUT2D eigenvalue weighted by atomic mass is 10.1. The summed E-state index contributed by atoms with van der Waals surface area (Å²) in [6, 6.07) is 3.60. The van der Waals surface area contributed by atoms with E-state index in [1.807, 2.05) is 16.8 Å². The predicted octanol–water partition coefficient (Wildman–Crippen LogP) is 2.52. The van der Waals surface area contributed by atoms with Crippen LogP contribution >= 0.6 is 22.9 Å². The molecule has 0 aliphatic rings. The Morgan fingerprint density at radius 2 is 2.20 bits per heavy atom. The molecule has 0 bridgehead atoms. The predicted molar refractivity (Wildman–Crippen MR) is 76.8 cm³/mol. The van der Waals surface area contributed by atoms with Gasteiger partial charge < -0.3 is 9.67 Å². The van der Waals surface area contributed by atoms with Crippen molar-refractivity contribution in [2.75, 3.05) is 0 Å². The molecule has 1 N–H and O–H groups in total. The van der Waals surface area contributed by atoms with Crippen LogP contribution < -0.4 is 0 Å².